The quantitative estimate of drug-likeness (QED) is 0.0548. The molecule has 62 heavy (non-hydrogen) atoms. The lowest BCUT2D eigenvalue weighted by Crippen LogP contribution is -2.14. The minimum Gasteiger partial charge on any atom is -0.507 e. The first-order chi connectivity index (χ1) is 29.6. The summed E-state index contributed by atoms with van der Waals surface area (Å²) in [6.45, 7) is 3.81. The van der Waals surface area contributed by atoms with E-state index < -0.39 is 23.7 Å². The summed E-state index contributed by atoms with van der Waals surface area (Å²) in [7, 11) is 5.59. The first kappa shape index (κ1) is 44.1. The molecule has 318 valence electrons. The smallest absolute Gasteiger partial charge is 0.347 e. The van der Waals surface area contributed by atoms with Gasteiger partial charge in [0.15, 0.2) is 23.0 Å². The van der Waals surface area contributed by atoms with Crippen molar-refractivity contribution < 1.29 is 53.1 Å². The van der Waals surface area contributed by atoms with Gasteiger partial charge < -0.3 is 49.8 Å². The molecule has 6 rings (SSSR count). The predicted octanol–water partition coefficient (Wildman–Crippen LogP) is 9.70. The number of ether oxygens (including phenoxy) is 5. The molecule has 0 aliphatic heterocycles. The summed E-state index contributed by atoms with van der Waals surface area (Å²) in [4.78, 5) is 52.3. The van der Waals surface area contributed by atoms with Crippen LogP contribution in [0, 0.1) is 13.8 Å². The van der Waals surface area contributed by atoms with E-state index in [-0.39, 0.29) is 78.2 Å². The molecule has 3 amide bonds. The molecule has 0 bridgehead atoms. The van der Waals surface area contributed by atoms with Crippen LogP contribution in [0.15, 0.2) is 97.1 Å². The summed E-state index contributed by atoms with van der Waals surface area (Å²) in [5.74, 6) is -2.24. The summed E-state index contributed by atoms with van der Waals surface area (Å²) >= 11 is 12.9. The second-order valence-electron chi connectivity index (χ2n) is 13.6. The number of benzene rings is 6. The highest BCUT2D eigenvalue weighted by Crippen LogP contribution is 2.37. The van der Waals surface area contributed by atoms with E-state index in [2.05, 4.69) is 16.0 Å². The molecule has 0 radical (unpaired) electrons. The number of amides is 3. The maximum atomic E-state index is 13.2. The van der Waals surface area contributed by atoms with Crippen molar-refractivity contribution in [1.82, 2.24) is 0 Å². The van der Waals surface area contributed by atoms with Crippen molar-refractivity contribution in [2.75, 3.05) is 44.4 Å². The van der Waals surface area contributed by atoms with Crippen molar-refractivity contribution >= 4 is 64.0 Å². The zero-order valence-corrected chi connectivity index (χ0v) is 35.6. The van der Waals surface area contributed by atoms with Gasteiger partial charge in [0.05, 0.1) is 49.7 Å². The average molecular weight is 881 g/mol. The number of aryl methyl sites for hydroxylation is 2. The van der Waals surface area contributed by atoms with Crippen molar-refractivity contribution in [2.24, 2.45) is 0 Å². The highest BCUT2D eigenvalue weighted by molar-refractivity contribution is 6.34. The van der Waals surface area contributed by atoms with E-state index in [1.807, 2.05) is 38.1 Å². The van der Waals surface area contributed by atoms with Crippen LogP contribution in [0.25, 0.3) is 11.1 Å². The number of aromatic hydroxyl groups is 2. The number of phenols is 2. The van der Waals surface area contributed by atoms with E-state index >= 15 is 0 Å². The molecule has 0 fully saturated rings. The summed E-state index contributed by atoms with van der Waals surface area (Å²) < 4.78 is 26.1. The Bertz CT molecular complexity index is 2570. The summed E-state index contributed by atoms with van der Waals surface area (Å²) in [6.07, 6.45) is 0. The number of rotatable bonds is 13. The monoisotopic (exact) mass is 879 g/mol. The number of methoxy groups -OCH3 is 4. The molecule has 14 nitrogen and oxygen atoms in total. The molecule has 0 spiro atoms. The van der Waals surface area contributed by atoms with Gasteiger partial charge in [-0.15, -0.1) is 0 Å². The summed E-state index contributed by atoms with van der Waals surface area (Å²) in [6, 6.07) is 24.6. The van der Waals surface area contributed by atoms with Crippen LogP contribution in [0.1, 0.15) is 52.6 Å². The molecular weight excluding hydrogens is 841 g/mol. The van der Waals surface area contributed by atoms with Crippen LogP contribution in [0.4, 0.5) is 17.1 Å². The van der Waals surface area contributed by atoms with Crippen LogP contribution in [0.3, 0.4) is 0 Å². The van der Waals surface area contributed by atoms with Crippen molar-refractivity contribution in [2.45, 2.75) is 13.8 Å². The number of carbonyl (C=O) groups is 4. The number of phenolic OH excluding ortho intramolecular Hbond substituents is 2. The lowest BCUT2D eigenvalue weighted by atomic mass is 9.95. The van der Waals surface area contributed by atoms with Gasteiger partial charge in [0.2, 0.25) is 0 Å². The maximum Gasteiger partial charge on any atom is 0.347 e. The van der Waals surface area contributed by atoms with Crippen LogP contribution in [0.2, 0.25) is 10.0 Å². The van der Waals surface area contributed by atoms with Crippen LogP contribution in [-0.4, -0.2) is 62.3 Å². The third-order valence-electron chi connectivity index (χ3n) is 9.60. The zero-order valence-electron chi connectivity index (χ0n) is 34.1. The van der Waals surface area contributed by atoms with Crippen LogP contribution in [-0.2, 0) is 0 Å². The Morgan fingerprint density at radius 2 is 0.935 bits per heavy atom. The van der Waals surface area contributed by atoms with E-state index in [1.165, 1.54) is 89.1 Å². The third kappa shape index (κ3) is 9.62. The average Bonchev–Trinajstić information content (AvgIpc) is 3.24. The summed E-state index contributed by atoms with van der Waals surface area (Å²) in [5.41, 5.74) is 5.02. The second-order valence-corrected chi connectivity index (χ2v) is 14.4. The largest absolute Gasteiger partial charge is 0.507 e. The van der Waals surface area contributed by atoms with Gasteiger partial charge in [0.1, 0.15) is 22.8 Å². The van der Waals surface area contributed by atoms with Gasteiger partial charge in [-0.25, -0.2) is 4.79 Å². The Labute approximate surface area is 365 Å². The maximum absolute atomic E-state index is 13.2. The molecule has 0 saturated heterocycles. The Hall–Kier alpha value is -7.42. The van der Waals surface area contributed by atoms with Crippen LogP contribution >= 0.6 is 23.2 Å². The molecule has 0 heterocycles. The first-order valence-electron chi connectivity index (χ1n) is 18.5. The highest BCUT2D eigenvalue weighted by Gasteiger charge is 2.22. The fourth-order valence-corrected chi connectivity index (χ4v) is 6.85. The zero-order chi connectivity index (χ0) is 44.8. The van der Waals surface area contributed by atoms with E-state index in [1.54, 1.807) is 12.1 Å². The Morgan fingerprint density at radius 3 is 1.40 bits per heavy atom. The van der Waals surface area contributed by atoms with Gasteiger partial charge in [0.25, 0.3) is 17.7 Å². The van der Waals surface area contributed by atoms with Gasteiger partial charge in [-0.2, -0.15) is 0 Å². The number of anilines is 3. The lowest BCUT2D eigenvalue weighted by molar-refractivity contribution is 0.0730. The molecule has 0 unspecified atom stereocenters. The molecule has 6 aromatic rings. The Kier molecular flexibility index (Phi) is 13.4. The molecule has 0 atom stereocenters. The number of hydrogen-bond acceptors (Lipinski definition) is 11. The third-order valence-corrected chi connectivity index (χ3v) is 10.2. The Morgan fingerprint density at radius 1 is 0.484 bits per heavy atom. The minimum atomic E-state index is -0.901. The van der Waals surface area contributed by atoms with Crippen molar-refractivity contribution in [1.29, 1.82) is 0 Å². The summed E-state index contributed by atoms with van der Waals surface area (Å²) in [5, 5.41) is 29.1. The normalized spacial score (nSPS) is 10.6. The number of halogens is 2. The molecule has 0 aliphatic rings. The van der Waals surface area contributed by atoms with Gasteiger partial charge in [-0.3, -0.25) is 14.4 Å². The highest BCUT2D eigenvalue weighted by atomic mass is 35.5. The van der Waals surface area contributed by atoms with E-state index in [4.69, 9.17) is 46.9 Å². The topological polar surface area (TPSA) is 191 Å². The fourth-order valence-electron chi connectivity index (χ4n) is 6.40. The predicted molar refractivity (Wildman–Crippen MR) is 235 cm³/mol. The van der Waals surface area contributed by atoms with Crippen molar-refractivity contribution in [3.05, 3.63) is 140 Å². The first-order valence-corrected chi connectivity index (χ1v) is 19.3. The Balaban J connectivity index is 1.07. The van der Waals surface area contributed by atoms with Gasteiger partial charge in [-0.1, -0.05) is 35.3 Å². The SMILES string of the molecule is COc1cc(O)c(C(=O)Nc2ccc(C(=O)Nc3ccc(-c4ccc(NC(=O)c5ccc(OC(=O)c6cc(OC)c(OC)cc6O)c(Cl)c5)cc4C)c(C)c3)cc2Cl)cc1OC. The minimum absolute atomic E-state index is 0.00883. The van der Waals surface area contributed by atoms with Crippen LogP contribution < -0.4 is 39.6 Å². The molecule has 6 aromatic carbocycles. The van der Waals surface area contributed by atoms with Crippen molar-refractivity contribution in [3.63, 3.8) is 0 Å². The number of hydrogen-bond donors (Lipinski definition) is 5. The van der Waals surface area contributed by atoms with E-state index in [0.29, 0.717) is 11.4 Å². The van der Waals surface area contributed by atoms with Gasteiger partial charge >= 0.3 is 5.97 Å². The molecule has 0 aliphatic carbocycles. The standard InChI is InChI=1S/C46H39Cl2N3O11/c1-23-15-27(49-43(54)25-7-13-35(33(47)17-25)51-45(56)31-19-39(58-3)41(60-5)21-36(31)52)9-11-29(23)30-12-10-28(16-24(30)2)50-44(55)26-8-14-38(34(48)18-26)62-46(57)32-20-40(59-4)42(61-6)22-37(32)53/h7-22,52-53H,1-6H3,(H,49,54)(H,50,55)(H,51,56). The molecule has 16 heteroatoms. The van der Waals surface area contributed by atoms with Gasteiger partial charge in [-0.05, 0) is 96.8 Å². The number of esters is 1. The molecule has 5 N–H and O–H groups in total. The van der Waals surface area contributed by atoms with Crippen molar-refractivity contribution in [3.8, 4) is 51.4 Å². The number of nitrogens with one attached hydrogen (secondary N) is 3. The fraction of sp³-hybridized carbons (Fsp3) is 0.130. The number of carbonyl (C=O) groups excluding carboxylic acids is 4. The lowest BCUT2D eigenvalue weighted by Gasteiger charge is -2.15. The van der Waals surface area contributed by atoms with E-state index in [0.717, 1.165) is 22.3 Å². The second kappa shape index (κ2) is 18.9. The molecule has 0 saturated carbocycles. The van der Waals surface area contributed by atoms with Gasteiger partial charge in [0, 0.05) is 46.8 Å². The molecule has 0 aromatic heterocycles. The molecular formula is C46H39Cl2N3O11. The van der Waals surface area contributed by atoms with E-state index in [9.17, 15) is 29.4 Å². The van der Waals surface area contributed by atoms with Crippen LogP contribution in [0.5, 0.6) is 40.2 Å².